The predicted octanol–water partition coefficient (Wildman–Crippen LogP) is 0.845. The molecule has 0 aromatic rings. The first-order valence-corrected chi connectivity index (χ1v) is 5.25. The summed E-state index contributed by atoms with van der Waals surface area (Å²) in [7, 11) is 0. The molecule has 3 aliphatic rings. The van der Waals surface area contributed by atoms with Crippen molar-refractivity contribution in [1.82, 2.24) is 0 Å². The summed E-state index contributed by atoms with van der Waals surface area (Å²) < 4.78 is 16.5. The van der Waals surface area contributed by atoms with Gasteiger partial charge in [0.05, 0.1) is 19.6 Å². The van der Waals surface area contributed by atoms with Crippen molar-refractivity contribution in [2.45, 2.75) is 37.6 Å². The molecule has 2 heterocycles. The Bertz CT molecular complexity index is 257. The van der Waals surface area contributed by atoms with E-state index >= 15 is 0 Å². The minimum absolute atomic E-state index is 0.0601. The summed E-state index contributed by atoms with van der Waals surface area (Å²) in [6.07, 6.45) is 3.24. The first-order chi connectivity index (χ1) is 6.77. The molecule has 3 fully saturated rings. The van der Waals surface area contributed by atoms with Gasteiger partial charge in [0.15, 0.2) is 5.79 Å². The van der Waals surface area contributed by atoms with Crippen LogP contribution in [0.5, 0.6) is 0 Å². The maximum Gasteiger partial charge on any atom is 0.306 e. The van der Waals surface area contributed by atoms with Crippen LogP contribution in [0.2, 0.25) is 0 Å². The molecule has 1 aliphatic carbocycles. The van der Waals surface area contributed by atoms with E-state index in [2.05, 4.69) is 0 Å². The maximum atomic E-state index is 11.1. The number of ether oxygens (including phenoxy) is 3. The van der Waals surface area contributed by atoms with Gasteiger partial charge in [-0.3, -0.25) is 4.79 Å². The second kappa shape index (κ2) is 2.94. The lowest BCUT2D eigenvalue weighted by atomic mass is 9.82. The van der Waals surface area contributed by atoms with Gasteiger partial charge in [0, 0.05) is 18.8 Å². The summed E-state index contributed by atoms with van der Waals surface area (Å²) in [5.74, 6) is -0.126. The van der Waals surface area contributed by atoms with Crippen LogP contribution in [-0.2, 0) is 19.0 Å². The number of carbonyl (C=O) groups is 1. The minimum atomic E-state index is -0.380. The van der Waals surface area contributed by atoms with Gasteiger partial charge in [-0.05, 0) is 6.42 Å². The van der Waals surface area contributed by atoms with Crippen LogP contribution < -0.4 is 0 Å². The SMILES string of the molecule is O=C1C[C@@H]2CC3(CC[C@@H]2O1)OCCO3. The van der Waals surface area contributed by atoms with Gasteiger partial charge in [-0.15, -0.1) is 0 Å². The van der Waals surface area contributed by atoms with Gasteiger partial charge < -0.3 is 14.2 Å². The zero-order valence-corrected chi connectivity index (χ0v) is 8.03. The average molecular weight is 198 g/mol. The normalized spacial score (nSPS) is 39.9. The van der Waals surface area contributed by atoms with Crippen LogP contribution in [-0.4, -0.2) is 31.1 Å². The third-order valence-corrected chi connectivity index (χ3v) is 3.43. The zero-order chi connectivity index (χ0) is 9.60. The van der Waals surface area contributed by atoms with Crippen LogP contribution in [0.3, 0.4) is 0 Å². The highest BCUT2D eigenvalue weighted by atomic mass is 16.7. The average Bonchev–Trinajstić information content (AvgIpc) is 2.72. The molecule has 14 heavy (non-hydrogen) atoms. The van der Waals surface area contributed by atoms with Crippen molar-refractivity contribution in [3.63, 3.8) is 0 Å². The van der Waals surface area contributed by atoms with E-state index in [9.17, 15) is 4.79 Å². The van der Waals surface area contributed by atoms with E-state index in [1.165, 1.54) is 0 Å². The number of hydrogen-bond acceptors (Lipinski definition) is 4. The summed E-state index contributed by atoms with van der Waals surface area (Å²) in [5.41, 5.74) is 0. The zero-order valence-electron chi connectivity index (χ0n) is 8.03. The molecule has 2 aliphatic heterocycles. The Kier molecular flexibility index (Phi) is 1.82. The van der Waals surface area contributed by atoms with Gasteiger partial charge in [-0.2, -0.15) is 0 Å². The molecule has 2 saturated heterocycles. The second-order valence-corrected chi connectivity index (χ2v) is 4.34. The topological polar surface area (TPSA) is 44.8 Å². The Morgan fingerprint density at radius 1 is 1.29 bits per heavy atom. The van der Waals surface area contributed by atoms with Gasteiger partial charge in [0.25, 0.3) is 0 Å². The molecule has 2 atom stereocenters. The molecule has 0 amide bonds. The van der Waals surface area contributed by atoms with E-state index in [4.69, 9.17) is 14.2 Å². The molecule has 78 valence electrons. The Balaban J connectivity index is 1.74. The van der Waals surface area contributed by atoms with Crippen molar-refractivity contribution >= 4 is 5.97 Å². The molecule has 0 N–H and O–H groups in total. The van der Waals surface area contributed by atoms with E-state index in [0.29, 0.717) is 25.6 Å². The molecule has 0 aromatic heterocycles. The van der Waals surface area contributed by atoms with Crippen LogP contribution >= 0.6 is 0 Å². The monoisotopic (exact) mass is 198 g/mol. The molecular formula is C10H14O4. The smallest absolute Gasteiger partial charge is 0.306 e. The Morgan fingerprint density at radius 2 is 2.07 bits per heavy atom. The summed E-state index contributed by atoms with van der Waals surface area (Å²) in [4.78, 5) is 11.1. The van der Waals surface area contributed by atoms with Crippen molar-refractivity contribution in [1.29, 1.82) is 0 Å². The van der Waals surface area contributed by atoms with Gasteiger partial charge in [-0.1, -0.05) is 0 Å². The molecular weight excluding hydrogens is 184 g/mol. The largest absolute Gasteiger partial charge is 0.462 e. The van der Waals surface area contributed by atoms with E-state index < -0.39 is 0 Å². The summed E-state index contributed by atoms with van der Waals surface area (Å²) in [5, 5.41) is 0. The van der Waals surface area contributed by atoms with Crippen molar-refractivity contribution in [3.05, 3.63) is 0 Å². The quantitative estimate of drug-likeness (QED) is 0.541. The lowest BCUT2D eigenvalue weighted by Crippen LogP contribution is -2.40. The van der Waals surface area contributed by atoms with Crippen LogP contribution in [0.25, 0.3) is 0 Å². The van der Waals surface area contributed by atoms with Crippen LogP contribution in [0.4, 0.5) is 0 Å². The first-order valence-electron chi connectivity index (χ1n) is 5.25. The van der Waals surface area contributed by atoms with Gasteiger partial charge in [-0.25, -0.2) is 0 Å². The number of rotatable bonds is 0. The Labute approximate surface area is 82.5 Å². The first kappa shape index (κ1) is 8.68. The van der Waals surface area contributed by atoms with Crippen molar-refractivity contribution in [3.8, 4) is 0 Å². The van der Waals surface area contributed by atoms with Gasteiger partial charge in [0.1, 0.15) is 6.10 Å². The lowest BCUT2D eigenvalue weighted by molar-refractivity contribution is -0.197. The third-order valence-electron chi connectivity index (χ3n) is 3.43. The van der Waals surface area contributed by atoms with E-state index in [0.717, 1.165) is 19.3 Å². The van der Waals surface area contributed by atoms with Crippen molar-refractivity contribution in [2.24, 2.45) is 5.92 Å². The molecule has 0 unspecified atom stereocenters. The lowest BCUT2D eigenvalue weighted by Gasteiger charge is -2.36. The Hall–Kier alpha value is -0.610. The fraction of sp³-hybridized carbons (Fsp3) is 0.900. The highest BCUT2D eigenvalue weighted by molar-refractivity contribution is 5.72. The summed E-state index contributed by atoms with van der Waals surface area (Å²) in [6.45, 7) is 1.37. The minimum Gasteiger partial charge on any atom is -0.462 e. The van der Waals surface area contributed by atoms with E-state index in [1.54, 1.807) is 0 Å². The second-order valence-electron chi connectivity index (χ2n) is 4.34. The number of hydrogen-bond donors (Lipinski definition) is 0. The third kappa shape index (κ3) is 1.25. The molecule has 0 aromatic carbocycles. The van der Waals surface area contributed by atoms with Crippen molar-refractivity contribution < 1.29 is 19.0 Å². The summed E-state index contributed by atoms with van der Waals surface area (Å²) in [6, 6.07) is 0. The predicted molar refractivity (Wildman–Crippen MR) is 46.5 cm³/mol. The van der Waals surface area contributed by atoms with E-state index in [-0.39, 0.29) is 17.9 Å². The molecule has 1 saturated carbocycles. The number of carbonyl (C=O) groups excluding carboxylic acids is 1. The van der Waals surface area contributed by atoms with Crippen molar-refractivity contribution in [2.75, 3.05) is 13.2 Å². The van der Waals surface area contributed by atoms with E-state index in [1.807, 2.05) is 0 Å². The highest BCUT2D eigenvalue weighted by Crippen LogP contribution is 2.43. The molecule has 4 heteroatoms. The Morgan fingerprint density at radius 3 is 2.86 bits per heavy atom. The van der Waals surface area contributed by atoms with Crippen LogP contribution in [0, 0.1) is 5.92 Å². The molecule has 1 spiro atoms. The van der Waals surface area contributed by atoms with Gasteiger partial charge in [0.2, 0.25) is 0 Å². The fourth-order valence-electron chi connectivity index (χ4n) is 2.78. The van der Waals surface area contributed by atoms with Crippen LogP contribution in [0.15, 0.2) is 0 Å². The molecule has 3 rings (SSSR count). The highest BCUT2D eigenvalue weighted by Gasteiger charge is 2.49. The molecule has 0 bridgehead atoms. The molecule has 4 nitrogen and oxygen atoms in total. The molecule has 0 radical (unpaired) electrons. The number of fused-ring (bicyclic) bond motifs is 1. The standard InChI is InChI=1S/C10H14O4/c11-9-5-7-6-10(12-3-4-13-10)2-1-8(7)14-9/h7-8H,1-6H2/t7-,8+/m1/s1. The maximum absolute atomic E-state index is 11.1. The number of esters is 1. The van der Waals surface area contributed by atoms with Gasteiger partial charge >= 0.3 is 5.97 Å². The fourth-order valence-corrected chi connectivity index (χ4v) is 2.78. The van der Waals surface area contributed by atoms with Crippen LogP contribution in [0.1, 0.15) is 25.7 Å². The summed E-state index contributed by atoms with van der Waals surface area (Å²) >= 11 is 0.